The minimum atomic E-state index is -3.91. The Morgan fingerprint density at radius 2 is 1.49 bits per heavy atom. The number of ether oxygens (including phenoxy) is 3. The van der Waals surface area contributed by atoms with E-state index in [0.29, 0.717) is 18.8 Å². The highest BCUT2D eigenvalue weighted by Crippen LogP contribution is 2.33. The first-order valence-electron chi connectivity index (χ1n) is 12.3. The van der Waals surface area contributed by atoms with Gasteiger partial charge in [-0.05, 0) is 76.6 Å². The Morgan fingerprint density at radius 3 is 2.03 bits per heavy atom. The van der Waals surface area contributed by atoms with Crippen LogP contribution in [-0.4, -0.2) is 80.2 Å². The molecule has 0 unspecified atom stereocenters. The van der Waals surface area contributed by atoms with E-state index in [1.54, 1.807) is 17.0 Å². The third kappa shape index (κ3) is 6.62. The number of piperidine rings is 1. The molecule has 0 spiro atoms. The van der Waals surface area contributed by atoms with Crippen LogP contribution in [0.5, 0.6) is 5.75 Å². The van der Waals surface area contributed by atoms with Crippen molar-refractivity contribution in [2.24, 2.45) is 0 Å². The monoisotopic (exact) mass is 516 g/mol. The molecule has 1 saturated carbocycles. The standard InChI is InChI=1S/C24H34F2N2O6S/c1-17(2)32-23(29)27-13-11-21(12-14-27)34-19-5-3-18(4-6-19)33-20-7-9-22(10-8-20)35(30,31)28-15-24(25,26)16-28/h7-10,17-19,21H,3-6,11-16H2,1-2H3. The molecule has 1 aliphatic carbocycles. The molecule has 0 N–H and O–H groups in total. The van der Waals surface area contributed by atoms with Crippen LogP contribution < -0.4 is 4.74 Å². The Labute approximate surface area is 205 Å². The quantitative estimate of drug-likeness (QED) is 0.544. The fourth-order valence-corrected chi connectivity index (χ4v) is 6.18. The van der Waals surface area contributed by atoms with Crippen molar-refractivity contribution in [3.63, 3.8) is 0 Å². The van der Waals surface area contributed by atoms with Gasteiger partial charge in [-0.2, -0.15) is 4.31 Å². The van der Waals surface area contributed by atoms with Crippen molar-refractivity contribution in [3.05, 3.63) is 24.3 Å². The lowest BCUT2D eigenvalue weighted by atomic mass is 9.94. The van der Waals surface area contributed by atoms with E-state index in [0.717, 1.165) is 42.8 Å². The third-order valence-corrected chi connectivity index (χ3v) is 8.43. The predicted molar refractivity (Wildman–Crippen MR) is 124 cm³/mol. The van der Waals surface area contributed by atoms with E-state index in [4.69, 9.17) is 14.2 Å². The number of alkyl halides is 2. The molecule has 1 amide bonds. The number of sulfonamides is 1. The van der Waals surface area contributed by atoms with Crippen LogP contribution in [0.4, 0.5) is 13.6 Å². The minimum Gasteiger partial charge on any atom is -0.490 e. The fourth-order valence-electron chi connectivity index (χ4n) is 4.68. The van der Waals surface area contributed by atoms with Gasteiger partial charge in [0.05, 0.1) is 42.4 Å². The number of hydrogen-bond acceptors (Lipinski definition) is 6. The number of amides is 1. The lowest BCUT2D eigenvalue weighted by Gasteiger charge is -2.37. The number of benzene rings is 1. The highest BCUT2D eigenvalue weighted by molar-refractivity contribution is 7.89. The minimum absolute atomic E-state index is 0.0130. The van der Waals surface area contributed by atoms with Gasteiger partial charge in [0, 0.05) is 13.1 Å². The Bertz CT molecular complexity index is 964. The Balaban J connectivity index is 1.18. The van der Waals surface area contributed by atoms with Crippen molar-refractivity contribution in [3.8, 4) is 5.75 Å². The Kier molecular flexibility index (Phi) is 7.87. The molecule has 3 fully saturated rings. The molecule has 8 nitrogen and oxygen atoms in total. The van der Waals surface area contributed by atoms with Gasteiger partial charge < -0.3 is 19.1 Å². The summed E-state index contributed by atoms with van der Waals surface area (Å²) < 4.78 is 69.3. The average Bonchev–Trinajstić information content (AvgIpc) is 2.79. The summed E-state index contributed by atoms with van der Waals surface area (Å²) in [5.74, 6) is -2.39. The topological polar surface area (TPSA) is 85.4 Å². The zero-order chi connectivity index (χ0) is 25.2. The zero-order valence-corrected chi connectivity index (χ0v) is 21.0. The van der Waals surface area contributed by atoms with E-state index in [2.05, 4.69) is 0 Å². The smallest absolute Gasteiger partial charge is 0.410 e. The second-order valence-electron chi connectivity index (χ2n) is 9.87. The van der Waals surface area contributed by atoms with Gasteiger partial charge in [0.15, 0.2) is 0 Å². The number of hydrogen-bond donors (Lipinski definition) is 0. The number of halogens is 2. The molecule has 4 rings (SSSR count). The van der Waals surface area contributed by atoms with Crippen LogP contribution in [0.1, 0.15) is 52.4 Å². The maximum absolute atomic E-state index is 13.0. The first kappa shape index (κ1) is 26.1. The molecule has 196 valence electrons. The van der Waals surface area contributed by atoms with Crippen LogP contribution in [-0.2, 0) is 19.5 Å². The fraction of sp³-hybridized carbons (Fsp3) is 0.708. The van der Waals surface area contributed by atoms with Gasteiger partial charge in [-0.25, -0.2) is 22.0 Å². The maximum atomic E-state index is 13.0. The molecule has 2 saturated heterocycles. The summed E-state index contributed by atoms with van der Waals surface area (Å²) in [6.45, 7) is 3.41. The molecule has 0 aromatic heterocycles. The largest absolute Gasteiger partial charge is 0.490 e. The van der Waals surface area contributed by atoms with E-state index < -0.39 is 29.0 Å². The highest BCUT2D eigenvalue weighted by atomic mass is 32.2. The molecular weight excluding hydrogens is 482 g/mol. The van der Waals surface area contributed by atoms with E-state index in [-0.39, 0.29) is 35.4 Å². The lowest BCUT2D eigenvalue weighted by Crippen LogP contribution is -2.58. The van der Waals surface area contributed by atoms with Crippen molar-refractivity contribution >= 4 is 16.1 Å². The van der Waals surface area contributed by atoms with Gasteiger partial charge in [0.1, 0.15) is 5.75 Å². The van der Waals surface area contributed by atoms with E-state index >= 15 is 0 Å². The number of carbonyl (C=O) groups excluding carboxylic acids is 1. The van der Waals surface area contributed by atoms with Gasteiger partial charge >= 0.3 is 6.09 Å². The normalized spacial score (nSPS) is 25.8. The van der Waals surface area contributed by atoms with Crippen LogP contribution in [0.15, 0.2) is 29.2 Å². The third-order valence-electron chi connectivity index (χ3n) is 6.62. The summed E-state index contributed by atoms with van der Waals surface area (Å²) in [4.78, 5) is 13.7. The number of rotatable bonds is 7. The summed E-state index contributed by atoms with van der Waals surface area (Å²) in [7, 11) is -3.91. The van der Waals surface area contributed by atoms with E-state index in [1.165, 1.54) is 12.1 Å². The molecule has 2 heterocycles. The van der Waals surface area contributed by atoms with Crippen LogP contribution >= 0.6 is 0 Å². The molecule has 1 aromatic rings. The molecule has 11 heteroatoms. The summed E-state index contributed by atoms with van der Waals surface area (Å²) in [5, 5.41) is 0. The molecule has 0 radical (unpaired) electrons. The predicted octanol–water partition coefficient (Wildman–Crippen LogP) is 4.04. The summed E-state index contributed by atoms with van der Waals surface area (Å²) in [6.07, 6.45) is 4.93. The summed E-state index contributed by atoms with van der Waals surface area (Å²) in [6, 6.07) is 5.95. The van der Waals surface area contributed by atoms with E-state index in [9.17, 15) is 22.0 Å². The molecule has 3 aliphatic rings. The zero-order valence-electron chi connectivity index (χ0n) is 20.2. The van der Waals surface area contributed by atoms with Crippen molar-refractivity contribution in [2.45, 2.75) is 87.6 Å². The summed E-state index contributed by atoms with van der Waals surface area (Å²) >= 11 is 0. The molecule has 2 aliphatic heterocycles. The molecule has 35 heavy (non-hydrogen) atoms. The van der Waals surface area contributed by atoms with Crippen molar-refractivity contribution in [2.75, 3.05) is 26.2 Å². The molecule has 0 bridgehead atoms. The van der Waals surface area contributed by atoms with Gasteiger partial charge in [-0.1, -0.05) is 0 Å². The van der Waals surface area contributed by atoms with Gasteiger partial charge in [-0.15, -0.1) is 0 Å². The maximum Gasteiger partial charge on any atom is 0.410 e. The summed E-state index contributed by atoms with van der Waals surface area (Å²) in [5.41, 5.74) is 0. The van der Waals surface area contributed by atoms with E-state index in [1.807, 2.05) is 13.8 Å². The Morgan fingerprint density at radius 1 is 0.943 bits per heavy atom. The van der Waals surface area contributed by atoms with Crippen LogP contribution in [0.25, 0.3) is 0 Å². The second kappa shape index (κ2) is 10.6. The number of likely N-dealkylation sites (tertiary alicyclic amines) is 1. The van der Waals surface area contributed by atoms with Crippen LogP contribution in [0.3, 0.4) is 0 Å². The van der Waals surface area contributed by atoms with Crippen LogP contribution in [0.2, 0.25) is 0 Å². The first-order chi connectivity index (χ1) is 16.5. The highest BCUT2D eigenvalue weighted by Gasteiger charge is 2.49. The van der Waals surface area contributed by atoms with Crippen molar-refractivity contribution in [1.29, 1.82) is 0 Å². The lowest BCUT2D eigenvalue weighted by molar-refractivity contribution is -0.0945. The molecular formula is C24H34F2N2O6S. The van der Waals surface area contributed by atoms with Crippen molar-refractivity contribution < 1.29 is 36.2 Å². The first-order valence-corrected chi connectivity index (χ1v) is 13.7. The average molecular weight is 517 g/mol. The molecule has 0 atom stereocenters. The molecule has 1 aromatic carbocycles. The SMILES string of the molecule is CC(C)OC(=O)N1CCC(OC2CCC(Oc3ccc(S(=O)(=O)N4CC(F)(F)C4)cc3)CC2)CC1. The van der Waals surface area contributed by atoms with Gasteiger partial charge in [-0.3, -0.25) is 0 Å². The van der Waals surface area contributed by atoms with Gasteiger partial charge in [0.2, 0.25) is 10.0 Å². The van der Waals surface area contributed by atoms with Crippen molar-refractivity contribution in [1.82, 2.24) is 9.21 Å². The second-order valence-corrected chi connectivity index (χ2v) is 11.8. The van der Waals surface area contributed by atoms with Crippen LogP contribution in [0, 0.1) is 0 Å². The Hall–Kier alpha value is -1.98. The number of nitrogens with zero attached hydrogens (tertiary/aromatic N) is 2. The van der Waals surface area contributed by atoms with Gasteiger partial charge in [0.25, 0.3) is 5.92 Å². The number of carbonyl (C=O) groups is 1.